The van der Waals surface area contributed by atoms with E-state index in [9.17, 15) is 0 Å². The lowest BCUT2D eigenvalue weighted by Gasteiger charge is -2.61. The molecule has 6 unspecified atom stereocenters. The van der Waals surface area contributed by atoms with Gasteiger partial charge in [0.05, 0.1) is 6.61 Å². The van der Waals surface area contributed by atoms with E-state index in [0.717, 1.165) is 30.3 Å². The predicted octanol–water partition coefficient (Wildman–Crippen LogP) is 5.99. The third-order valence-electron chi connectivity index (χ3n) is 8.89. The van der Waals surface area contributed by atoms with Crippen molar-refractivity contribution in [3.63, 3.8) is 0 Å². The summed E-state index contributed by atoms with van der Waals surface area (Å²) in [4.78, 5) is 0. The Hall–Kier alpha value is -0.300. The normalized spacial score (nSPS) is 51.2. The van der Waals surface area contributed by atoms with E-state index in [-0.39, 0.29) is 0 Å². The molecule has 0 heterocycles. The summed E-state index contributed by atoms with van der Waals surface area (Å²) in [5.74, 6) is 3.86. The van der Waals surface area contributed by atoms with E-state index in [1.54, 1.807) is 5.57 Å². The Kier molecular flexibility index (Phi) is 4.15. The lowest BCUT2D eigenvalue weighted by molar-refractivity contribution is -0.136. The molecule has 4 aliphatic rings. The van der Waals surface area contributed by atoms with Crippen molar-refractivity contribution in [3.05, 3.63) is 11.6 Å². The number of hydrogen-bond donors (Lipinski definition) is 0. The minimum atomic E-state index is 0.533. The Labute approximate surface area is 143 Å². The molecule has 0 amide bonds. The van der Waals surface area contributed by atoms with Crippen LogP contribution in [0.15, 0.2) is 11.6 Å². The van der Waals surface area contributed by atoms with Crippen LogP contribution in [0.5, 0.6) is 0 Å². The van der Waals surface area contributed by atoms with Crippen molar-refractivity contribution in [2.45, 2.75) is 78.1 Å². The summed E-state index contributed by atoms with van der Waals surface area (Å²) in [6.07, 6.45) is 17.1. The summed E-state index contributed by atoms with van der Waals surface area (Å²) in [7, 11) is 1.95. The van der Waals surface area contributed by atoms with Crippen LogP contribution in [0.2, 0.25) is 0 Å². The first kappa shape index (κ1) is 16.2. The average Bonchev–Trinajstić information content (AvgIpc) is 2.91. The van der Waals surface area contributed by atoms with Gasteiger partial charge in [0.25, 0.3) is 0 Å². The van der Waals surface area contributed by atoms with Gasteiger partial charge in [0.15, 0.2) is 0 Å². The average molecular weight is 317 g/mol. The molecule has 0 aromatic rings. The second-order valence-electron chi connectivity index (χ2n) is 9.37. The standard InChI is InChI=1S/C22H36O/c1-4-16-9-11-19-18-10-8-17-7-5-6-13-22(17,15-23-3)20(18)12-14-21(16,19)2/h4,17-20H,5-15H2,1-3H3/b16-4-. The maximum absolute atomic E-state index is 5.86. The first-order valence-corrected chi connectivity index (χ1v) is 10.3. The van der Waals surface area contributed by atoms with Gasteiger partial charge in [0, 0.05) is 7.11 Å². The Morgan fingerprint density at radius 2 is 1.91 bits per heavy atom. The molecule has 4 fully saturated rings. The van der Waals surface area contributed by atoms with Gasteiger partial charge in [-0.25, -0.2) is 0 Å². The van der Waals surface area contributed by atoms with Gasteiger partial charge in [-0.15, -0.1) is 0 Å². The number of rotatable bonds is 2. The minimum absolute atomic E-state index is 0.533. The predicted molar refractivity (Wildman–Crippen MR) is 96.3 cm³/mol. The summed E-state index contributed by atoms with van der Waals surface area (Å²) in [5, 5.41) is 0. The van der Waals surface area contributed by atoms with E-state index >= 15 is 0 Å². The quantitative estimate of drug-likeness (QED) is 0.568. The van der Waals surface area contributed by atoms with Crippen LogP contribution >= 0.6 is 0 Å². The zero-order chi connectivity index (χ0) is 16.1. The number of hydrogen-bond acceptors (Lipinski definition) is 1. The minimum Gasteiger partial charge on any atom is -0.384 e. The lowest BCUT2D eigenvalue weighted by Crippen LogP contribution is -2.55. The highest BCUT2D eigenvalue weighted by molar-refractivity contribution is 5.23. The van der Waals surface area contributed by atoms with Crippen molar-refractivity contribution in [3.8, 4) is 0 Å². The Morgan fingerprint density at radius 1 is 1.04 bits per heavy atom. The largest absolute Gasteiger partial charge is 0.384 e. The Bertz CT molecular complexity index is 476. The highest BCUT2D eigenvalue weighted by atomic mass is 16.5. The lowest BCUT2D eigenvalue weighted by atomic mass is 9.45. The molecule has 0 N–H and O–H groups in total. The fourth-order valence-corrected chi connectivity index (χ4v) is 7.94. The number of methoxy groups -OCH3 is 1. The highest BCUT2D eigenvalue weighted by Gasteiger charge is 2.59. The van der Waals surface area contributed by atoms with E-state index < -0.39 is 0 Å². The molecule has 0 aromatic heterocycles. The van der Waals surface area contributed by atoms with Crippen molar-refractivity contribution in [2.24, 2.45) is 34.5 Å². The van der Waals surface area contributed by atoms with Crippen LogP contribution in [0.25, 0.3) is 0 Å². The van der Waals surface area contributed by atoms with E-state index in [1.807, 2.05) is 7.11 Å². The zero-order valence-electron chi connectivity index (χ0n) is 15.6. The topological polar surface area (TPSA) is 9.23 Å². The number of allylic oxidation sites excluding steroid dienone is 2. The molecule has 0 spiro atoms. The summed E-state index contributed by atoms with van der Waals surface area (Å²) < 4.78 is 5.86. The summed E-state index contributed by atoms with van der Waals surface area (Å²) >= 11 is 0. The van der Waals surface area contributed by atoms with Crippen LogP contribution in [0, 0.1) is 34.5 Å². The van der Waals surface area contributed by atoms with Gasteiger partial charge in [-0.05, 0) is 92.8 Å². The first-order valence-electron chi connectivity index (χ1n) is 10.3. The van der Waals surface area contributed by atoms with E-state index in [4.69, 9.17) is 4.74 Å². The molecule has 1 heteroatoms. The third kappa shape index (κ3) is 2.21. The van der Waals surface area contributed by atoms with Crippen molar-refractivity contribution in [1.82, 2.24) is 0 Å². The monoisotopic (exact) mass is 316 g/mol. The fraction of sp³-hybridized carbons (Fsp3) is 0.909. The molecule has 0 bridgehead atoms. The molecule has 1 nitrogen and oxygen atoms in total. The smallest absolute Gasteiger partial charge is 0.0524 e. The van der Waals surface area contributed by atoms with E-state index in [0.29, 0.717) is 10.8 Å². The van der Waals surface area contributed by atoms with Crippen LogP contribution in [-0.2, 0) is 4.74 Å². The Morgan fingerprint density at radius 3 is 2.70 bits per heavy atom. The molecule has 0 radical (unpaired) electrons. The second-order valence-corrected chi connectivity index (χ2v) is 9.37. The molecule has 0 aromatic carbocycles. The zero-order valence-corrected chi connectivity index (χ0v) is 15.6. The molecule has 4 aliphatic carbocycles. The third-order valence-corrected chi connectivity index (χ3v) is 8.89. The van der Waals surface area contributed by atoms with Crippen molar-refractivity contribution < 1.29 is 4.74 Å². The van der Waals surface area contributed by atoms with Gasteiger partial charge in [0.2, 0.25) is 0 Å². The fourth-order valence-electron chi connectivity index (χ4n) is 7.94. The molecular weight excluding hydrogens is 280 g/mol. The first-order chi connectivity index (χ1) is 11.2. The summed E-state index contributed by atoms with van der Waals surface area (Å²) in [6, 6.07) is 0. The van der Waals surface area contributed by atoms with Crippen molar-refractivity contribution >= 4 is 0 Å². The maximum atomic E-state index is 5.86. The van der Waals surface area contributed by atoms with Gasteiger partial charge in [-0.3, -0.25) is 0 Å². The summed E-state index contributed by atoms with van der Waals surface area (Å²) in [5.41, 5.74) is 2.86. The number of fused-ring (bicyclic) bond motifs is 5. The molecule has 6 atom stereocenters. The molecule has 0 saturated heterocycles. The highest BCUT2D eigenvalue weighted by Crippen LogP contribution is 2.67. The van der Waals surface area contributed by atoms with Crippen LogP contribution in [0.1, 0.15) is 78.1 Å². The van der Waals surface area contributed by atoms with Crippen molar-refractivity contribution in [2.75, 3.05) is 13.7 Å². The number of ether oxygens (including phenoxy) is 1. The van der Waals surface area contributed by atoms with E-state index in [1.165, 1.54) is 64.2 Å². The van der Waals surface area contributed by atoms with Crippen molar-refractivity contribution in [1.29, 1.82) is 0 Å². The summed E-state index contributed by atoms with van der Waals surface area (Å²) in [6.45, 7) is 5.92. The van der Waals surface area contributed by atoms with Crippen LogP contribution in [0.4, 0.5) is 0 Å². The van der Waals surface area contributed by atoms with Gasteiger partial charge >= 0.3 is 0 Å². The molecule has 23 heavy (non-hydrogen) atoms. The molecule has 4 saturated carbocycles. The van der Waals surface area contributed by atoms with Crippen LogP contribution in [0.3, 0.4) is 0 Å². The molecule has 4 rings (SSSR count). The van der Waals surface area contributed by atoms with Gasteiger partial charge in [0.1, 0.15) is 0 Å². The Balaban J connectivity index is 1.67. The maximum Gasteiger partial charge on any atom is 0.0524 e. The van der Waals surface area contributed by atoms with E-state index in [2.05, 4.69) is 19.9 Å². The second kappa shape index (κ2) is 5.90. The SMILES string of the molecule is C/C=C1/CCC2C3CCC4CCCCC4(COC)C3CCC12C. The van der Waals surface area contributed by atoms with Gasteiger partial charge in [-0.1, -0.05) is 31.4 Å². The van der Waals surface area contributed by atoms with Crippen LogP contribution in [-0.4, -0.2) is 13.7 Å². The van der Waals surface area contributed by atoms with Crippen LogP contribution < -0.4 is 0 Å². The van der Waals surface area contributed by atoms with Gasteiger partial charge in [-0.2, -0.15) is 0 Å². The molecular formula is C22H36O. The molecule has 130 valence electrons. The van der Waals surface area contributed by atoms with Gasteiger partial charge < -0.3 is 4.74 Å². The molecule has 0 aliphatic heterocycles.